The van der Waals surface area contributed by atoms with Crippen molar-refractivity contribution in [2.24, 2.45) is 29.6 Å². The maximum Gasteiger partial charge on any atom is 0.238 e. The van der Waals surface area contributed by atoms with Gasteiger partial charge in [0.25, 0.3) is 0 Å². The summed E-state index contributed by atoms with van der Waals surface area (Å²) in [6.45, 7) is 7.50. The van der Waals surface area contributed by atoms with Gasteiger partial charge in [-0.25, -0.2) is 9.80 Å². The quantitative estimate of drug-likeness (QED) is 0.234. The third-order valence-electron chi connectivity index (χ3n) is 10.3. The molecule has 0 bridgehead atoms. The van der Waals surface area contributed by atoms with Gasteiger partial charge >= 0.3 is 0 Å². The second-order valence-electron chi connectivity index (χ2n) is 12.8. The predicted octanol–water partition coefficient (Wildman–Crippen LogP) is 7.09. The van der Waals surface area contributed by atoms with E-state index < -0.39 is 35.5 Å². The number of carbonyl (C=O) groups excluding carboxylic acids is 4. The van der Waals surface area contributed by atoms with Crippen LogP contribution in [0.2, 0.25) is 10.0 Å². The van der Waals surface area contributed by atoms with E-state index >= 15 is 0 Å². The summed E-state index contributed by atoms with van der Waals surface area (Å²) in [7, 11) is 0. The number of aromatic hydroxyl groups is 1. The number of fused-ring (bicyclic) bond motifs is 4. The van der Waals surface area contributed by atoms with Crippen molar-refractivity contribution in [1.29, 1.82) is 0 Å². The molecule has 2 aliphatic carbocycles. The van der Waals surface area contributed by atoms with Crippen LogP contribution in [0.15, 0.2) is 78.9 Å². The lowest BCUT2D eigenvalue weighted by molar-refractivity contribution is -0.126. The van der Waals surface area contributed by atoms with Crippen molar-refractivity contribution < 1.29 is 24.3 Å². The minimum Gasteiger partial charge on any atom is -0.507 e. The zero-order chi connectivity index (χ0) is 32.6. The molecule has 9 heteroatoms. The fraction of sp³-hybridized carbons (Fsp3) is 0.297. The zero-order valence-corrected chi connectivity index (χ0v) is 26.9. The lowest BCUT2D eigenvalue weighted by Crippen LogP contribution is -2.43. The van der Waals surface area contributed by atoms with E-state index in [0.29, 0.717) is 45.4 Å². The molecule has 0 radical (unpaired) electrons. The van der Waals surface area contributed by atoms with Crippen LogP contribution in [0.25, 0.3) is 0 Å². The molecule has 1 N–H and O–H groups in total. The van der Waals surface area contributed by atoms with Crippen molar-refractivity contribution in [3.8, 4) is 5.75 Å². The average molecular weight is 656 g/mol. The third kappa shape index (κ3) is 4.47. The largest absolute Gasteiger partial charge is 0.507 e. The smallest absolute Gasteiger partial charge is 0.238 e. The third-order valence-corrected chi connectivity index (χ3v) is 11.1. The van der Waals surface area contributed by atoms with Crippen molar-refractivity contribution >= 4 is 58.2 Å². The SMILES string of the molecule is C=CCc1cccc([C@H]2C3=CC[C@@H]4C(=O)N(c5ccc(C)c(Cl)c5)C(=O)[C@@H]4[C@@H]3C[C@H]3C(=O)N(c4ccc(C)c(Cl)c4)C(=O)[C@@H]23)c1O. The maximum absolute atomic E-state index is 14.4. The number of anilines is 2. The average Bonchev–Trinajstić information content (AvgIpc) is 3.44. The molecule has 2 saturated heterocycles. The summed E-state index contributed by atoms with van der Waals surface area (Å²) in [4.78, 5) is 59.1. The molecule has 7 nitrogen and oxygen atoms in total. The summed E-state index contributed by atoms with van der Waals surface area (Å²) in [5, 5.41) is 12.4. The molecule has 7 rings (SSSR count). The molecule has 3 aromatic rings. The first-order valence-electron chi connectivity index (χ1n) is 15.4. The van der Waals surface area contributed by atoms with Crippen LogP contribution in [0.4, 0.5) is 11.4 Å². The van der Waals surface area contributed by atoms with E-state index in [-0.39, 0.29) is 35.8 Å². The predicted molar refractivity (Wildman–Crippen MR) is 177 cm³/mol. The van der Waals surface area contributed by atoms with Crippen molar-refractivity contribution in [2.45, 2.75) is 39.0 Å². The van der Waals surface area contributed by atoms with Gasteiger partial charge in [-0.05, 0) is 80.0 Å². The van der Waals surface area contributed by atoms with Crippen LogP contribution in [-0.4, -0.2) is 28.7 Å². The number of nitrogens with zero attached hydrogens (tertiary/aromatic N) is 2. The highest BCUT2D eigenvalue weighted by molar-refractivity contribution is 6.33. The molecule has 1 saturated carbocycles. The van der Waals surface area contributed by atoms with E-state index in [9.17, 15) is 24.3 Å². The number of amides is 4. The fourth-order valence-electron chi connectivity index (χ4n) is 8.07. The summed E-state index contributed by atoms with van der Waals surface area (Å²) in [6.07, 6.45) is 4.60. The maximum atomic E-state index is 14.4. The van der Waals surface area contributed by atoms with Crippen LogP contribution in [-0.2, 0) is 25.6 Å². The first kappa shape index (κ1) is 30.5. The molecule has 6 atom stereocenters. The number of hydrogen-bond donors (Lipinski definition) is 1. The number of aryl methyl sites for hydroxylation is 2. The summed E-state index contributed by atoms with van der Waals surface area (Å²) >= 11 is 12.8. The van der Waals surface area contributed by atoms with Crippen LogP contribution in [0.3, 0.4) is 0 Å². The van der Waals surface area contributed by atoms with Crippen LogP contribution in [0.5, 0.6) is 5.75 Å². The van der Waals surface area contributed by atoms with Gasteiger partial charge in [0.05, 0.1) is 35.0 Å². The number of phenols is 1. The van der Waals surface area contributed by atoms with Crippen LogP contribution in [0, 0.1) is 43.4 Å². The number of para-hydroxylation sites is 1. The Labute approximate surface area is 277 Å². The minimum absolute atomic E-state index is 0.0386. The number of imide groups is 2. The summed E-state index contributed by atoms with van der Waals surface area (Å²) in [6, 6.07) is 15.6. The Bertz CT molecular complexity index is 1900. The lowest BCUT2D eigenvalue weighted by Gasteiger charge is -2.44. The molecule has 2 aliphatic heterocycles. The monoisotopic (exact) mass is 654 g/mol. The highest BCUT2D eigenvalue weighted by Crippen LogP contribution is 2.59. The Balaban J connectivity index is 1.36. The molecule has 2 heterocycles. The van der Waals surface area contributed by atoms with E-state index in [1.54, 1.807) is 54.6 Å². The van der Waals surface area contributed by atoms with Gasteiger partial charge in [-0.3, -0.25) is 19.2 Å². The molecule has 0 spiro atoms. The lowest BCUT2D eigenvalue weighted by atomic mass is 9.57. The van der Waals surface area contributed by atoms with E-state index in [0.717, 1.165) is 16.7 Å². The highest BCUT2D eigenvalue weighted by Gasteiger charge is 2.62. The molecule has 0 aromatic heterocycles. The van der Waals surface area contributed by atoms with Crippen molar-refractivity contribution in [2.75, 3.05) is 9.80 Å². The fourth-order valence-corrected chi connectivity index (χ4v) is 8.42. The van der Waals surface area contributed by atoms with Crippen LogP contribution in [0.1, 0.15) is 41.0 Å². The molecule has 4 aliphatic rings. The topological polar surface area (TPSA) is 95.0 Å². The molecular formula is C37H32Cl2N2O5. The molecule has 0 unspecified atom stereocenters. The molecule has 234 valence electrons. The number of allylic oxidation sites excluding steroid dienone is 3. The molecule has 3 aromatic carbocycles. The highest BCUT2D eigenvalue weighted by atomic mass is 35.5. The number of benzene rings is 3. The van der Waals surface area contributed by atoms with Gasteiger partial charge in [0, 0.05) is 21.5 Å². The standard InChI is InChI=1S/C37H32Cl2N2O5/c1-4-6-20-7-5-8-24(33(20)42)30-23-13-14-25-31(36(45)40(34(25)43)21-11-9-18(2)28(38)15-21)26(23)17-27-32(30)37(46)41(35(27)44)22-12-10-19(3)29(39)16-22/h4-5,7-13,15-16,25-27,30-32,42H,1,6,14,17H2,2-3H3/t25-,26+,27+,30+,31-,32+/m0/s1. The normalized spacial score (nSPS) is 27.0. The molecular weight excluding hydrogens is 623 g/mol. The number of carbonyl (C=O) groups is 4. The second kappa shape index (κ2) is 11.2. The van der Waals surface area contributed by atoms with E-state index in [1.165, 1.54) is 9.80 Å². The van der Waals surface area contributed by atoms with E-state index in [2.05, 4.69) is 6.58 Å². The molecule has 3 fully saturated rings. The number of halogens is 2. The van der Waals surface area contributed by atoms with Gasteiger partial charge in [-0.2, -0.15) is 0 Å². The van der Waals surface area contributed by atoms with Gasteiger partial charge in [0.2, 0.25) is 23.6 Å². The summed E-state index contributed by atoms with van der Waals surface area (Å²) < 4.78 is 0. The van der Waals surface area contributed by atoms with Gasteiger partial charge in [0.15, 0.2) is 0 Å². The number of phenolic OH excluding ortho intramolecular Hbond substituents is 1. The van der Waals surface area contributed by atoms with Gasteiger partial charge < -0.3 is 5.11 Å². The Hall–Kier alpha value is -4.20. The van der Waals surface area contributed by atoms with Crippen LogP contribution >= 0.6 is 23.2 Å². The van der Waals surface area contributed by atoms with Crippen LogP contribution < -0.4 is 9.80 Å². The Morgan fingerprint density at radius 2 is 1.39 bits per heavy atom. The Morgan fingerprint density at radius 3 is 1.98 bits per heavy atom. The minimum atomic E-state index is -0.810. The van der Waals surface area contributed by atoms with Crippen molar-refractivity contribution in [3.63, 3.8) is 0 Å². The molecule has 4 amide bonds. The zero-order valence-electron chi connectivity index (χ0n) is 25.4. The van der Waals surface area contributed by atoms with Gasteiger partial charge in [-0.15, -0.1) is 6.58 Å². The van der Waals surface area contributed by atoms with E-state index in [1.807, 2.05) is 26.0 Å². The Kier molecular flexibility index (Phi) is 7.45. The number of rotatable bonds is 5. The van der Waals surface area contributed by atoms with Gasteiger partial charge in [-0.1, -0.05) is 71.3 Å². The second-order valence-corrected chi connectivity index (χ2v) is 13.6. The summed E-state index contributed by atoms with van der Waals surface area (Å²) in [5.74, 6) is -5.44. The van der Waals surface area contributed by atoms with Gasteiger partial charge in [0.1, 0.15) is 5.75 Å². The van der Waals surface area contributed by atoms with Crippen molar-refractivity contribution in [3.05, 3.63) is 111 Å². The number of hydrogen-bond acceptors (Lipinski definition) is 5. The van der Waals surface area contributed by atoms with Crippen molar-refractivity contribution in [1.82, 2.24) is 0 Å². The first-order chi connectivity index (χ1) is 22.0. The summed E-state index contributed by atoms with van der Waals surface area (Å²) in [5.41, 5.74) is 4.41. The van der Waals surface area contributed by atoms with E-state index in [4.69, 9.17) is 23.2 Å². The molecule has 46 heavy (non-hydrogen) atoms. The first-order valence-corrected chi connectivity index (χ1v) is 16.2. The Morgan fingerprint density at radius 1 is 0.804 bits per heavy atom.